The second kappa shape index (κ2) is 7.52. The van der Waals surface area contributed by atoms with E-state index in [4.69, 9.17) is 8.85 Å². The lowest BCUT2D eigenvalue weighted by molar-refractivity contribution is -0.112. The zero-order valence-electron chi connectivity index (χ0n) is 18.7. The van der Waals surface area contributed by atoms with Gasteiger partial charge in [-0.3, -0.25) is 14.4 Å². The Morgan fingerprint density at radius 2 is 2.20 bits per heavy atom. The summed E-state index contributed by atoms with van der Waals surface area (Å²) in [5, 5.41) is 12.3. The molecule has 1 saturated heterocycles. The summed E-state index contributed by atoms with van der Waals surface area (Å²) in [7, 11) is 0. The molecule has 0 unspecified atom stereocenters. The first-order chi connectivity index (χ1) is 15.3. The summed E-state index contributed by atoms with van der Waals surface area (Å²) >= 11 is 0. The molecular weight excluding hydrogens is 400 g/mol. The molecule has 2 atom stereocenters. The fourth-order valence-corrected chi connectivity index (χ4v) is 3.47. The number of carbonyl (C=O) groups excluding carboxylic acids is 2. The van der Waals surface area contributed by atoms with Gasteiger partial charge in [0.1, 0.15) is 17.2 Å². The van der Waals surface area contributed by atoms with E-state index in [0.717, 1.165) is 27.8 Å². The highest BCUT2D eigenvalue weighted by molar-refractivity contribution is 5.99. The van der Waals surface area contributed by atoms with Gasteiger partial charge in [-0.15, -0.1) is 0 Å². The zero-order chi connectivity index (χ0) is 24.3. The van der Waals surface area contributed by atoms with Gasteiger partial charge < -0.3 is 24.6 Å². The first-order valence-corrected chi connectivity index (χ1v) is 9.03. The third-order valence-corrected chi connectivity index (χ3v) is 4.99. The maximum absolute atomic E-state index is 14.0. The topological polar surface area (TPSA) is 101 Å². The number of nitrogens with one attached hydrogen (secondary N) is 1. The van der Waals surface area contributed by atoms with Gasteiger partial charge in [0.2, 0.25) is 5.43 Å². The molecule has 2 N–H and O–H groups in total. The van der Waals surface area contributed by atoms with E-state index in [-0.39, 0.29) is 19.6 Å². The number of benzene rings is 1. The molecule has 1 fully saturated rings. The lowest BCUT2D eigenvalue weighted by Crippen LogP contribution is -2.57. The highest BCUT2D eigenvalue weighted by Crippen LogP contribution is 2.29. The van der Waals surface area contributed by atoms with Gasteiger partial charge in [-0.1, -0.05) is 6.07 Å². The smallest absolute Gasteiger partial charge is 0.276 e. The van der Waals surface area contributed by atoms with E-state index in [1.807, 2.05) is 5.32 Å². The maximum Gasteiger partial charge on any atom is 0.276 e. The molecule has 2 aromatic rings. The van der Waals surface area contributed by atoms with Crippen LogP contribution in [0.4, 0.5) is 8.78 Å². The molecule has 0 radical (unpaired) electrons. The molecule has 30 heavy (non-hydrogen) atoms. The van der Waals surface area contributed by atoms with Gasteiger partial charge >= 0.3 is 0 Å². The van der Waals surface area contributed by atoms with Crippen molar-refractivity contribution in [2.75, 3.05) is 6.61 Å². The van der Waals surface area contributed by atoms with Gasteiger partial charge in [-0.25, -0.2) is 8.78 Å². The van der Waals surface area contributed by atoms with Crippen LogP contribution in [-0.2, 0) is 17.8 Å². The standard InChI is InChI=1S/C20H19F2N3O5/c1-10-4-5-30-15-9-24-8-13(17(26)18(27)16(24)20(29)25(10)15)19(28)23-7-11-2-3-12(21)6-14(11)22/h2-3,6,8,10,15,27H,4-5,7,9H2,1H3,(H,23,28)/t10-,15+/m1/s1/i7D2,10D. The predicted molar refractivity (Wildman–Crippen MR) is 99.9 cm³/mol. The SMILES string of the molecule is [2H]C([2H])(NC(=O)c1cn2c(c(O)c1=O)C(=O)N1[C@H](C2)OCC[C@@]1([2H])C)c1ccc(F)cc1F. The minimum atomic E-state index is -2.83. The monoisotopic (exact) mass is 422 g/mol. The van der Waals surface area contributed by atoms with Crippen molar-refractivity contribution in [1.29, 1.82) is 0 Å². The summed E-state index contributed by atoms with van der Waals surface area (Å²) in [5.41, 5.74) is -3.04. The molecule has 2 aliphatic heterocycles. The van der Waals surface area contributed by atoms with Crippen molar-refractivity contribution in [1.82, 2.24) is 14.8 Å². The molecule has 10 heteroatoms. The highest BCUT2D eigenvalue weighted by atomic mass is 19.1. The van der Waals surface area contributed by atoms with Crippen molar-refractivity contribution in [3.63, 3.8) is 0 Å². The average Bonchev–Trinajstić information content (AvgIpc) is 2.69. The third-order valence-electron chi connectivity index (χ3n) is 4.99. The minimum absolute atomic E-state index is 0.0941. The van der Waals surface area contributed by atoms with Crippen LogP contribution in [-0.4, -0.2) is 45.2 Å². The van der Waals surface area contributed by atoms with Gasteiger partial charge in [0.25, 0.3) is 11.8 Å². The first kappa shape index (κ1) is 16.5. The lowest BCUT2D eigenvalue weighted by atomic mass is 10.1. The summed E-state index contributed by atoms with van der Waals surface area (Å²) in [4.78, 5) is 39.5. The van der Waals surface area contributed by atoms with Crippen molar-refractivity contribution < 1.29 is 32.3 Å². The number of hydrogen-bond donors (Lipinski definition) is 2. The van der Waals surface area contributed by atoms with Gasteiger partial charge in [0, 0.05) is 30.3 Å². The Hall–Kier alpha value is -3.27. The van der Waals surface area contributed by atoms with Gasteiger partial charge in [0.05, 0.1) is 17.3 Å². The van der Waals surface area contributed by atoms with Crippen LogP contribution in [0.25, 0.3) is 0 Å². The molecule has 2 aliphatic rings. The molecule has 8 nitrogen and oxygen atoms in total. The molecule has 0 bridgehead atoms. The number of aromatic nitrogens is 1. The van der Waals surface area contributed by atoms with E-state index < -0.39 is 70.2 Å². The second-order valence-corrected chi connectivity index (χ2v) is 6.91. The van der Waals surface area contributed by atoms with Crippen LogP contribution in [0.3, 0.4) is 0 Å². The van der Waals surface area contributed by atoms with E-state index in [0.29, 0.717) is 6.07 Å². The van der Waals surface area contributed by atoms with E-state index in [1.54, 1.807) is 0 Å². The Balaban J connectivity index is 1.71. The van der Waals surface area contributed by atoms with Gasteiger partial charge in [-0.2, -0.15) is 0 Å². The summed E-state index contributed by atoms with van der Waals surface area (Å²) in [6, 6.07) is 0.733. The number of carbonyl (C=O) groups is 2. The zero-order valence-corrected chi connectivity index (χ0v) is 15.7. The highest BCUT2D eigenvalue weighted by Gasteiger charge is 2.41. The van der Waals surface area contributed by atoms with E-state index in [9.17, 15) is 28.3 Å². The molecule has 3 heterocycles. The van der Waals surface area contributed by atoms with Gasteiger partial charge in [-0.05, 0) is 19.4 Å². The maximum atomic E-state index is 14.0. The average molecular weight is 422 g/mol. The Morgan fingerprint density at radius 3 is 2.93 bits per heavy atom. The largest absolute Gasteiger partial charge is 0.503 e. The molecule has 158 valence electrons. The molecule has 4 rings (SSSR count). The number of ether oxygens (including phenoxy) is 1. The molecule has 0 aliphatic carbocycles. The molecule has 1 aromatic heterocycles. The van der Waals surface area contributed by atoms with Crippen molar-refractivity contribution in [2.24, 2.45) is 0 Å². The number of pyridine rings is 1. The molecule has 2 amide bonds. The Bertz CT molecular complexity index is 1230. The Labute approximate surface area is 173 Å². The summed E-state index contributed by atoms with van der Waals surface area (Å²) < 4.78 is 58.1. The van der Waals surface area contributed by atoms with Crippen LogP contribution in [0, 0.1) is 11.6 Å². The molecule has 1 aromatic carbocycles. The van der Waals surface area contributed by atoms with Crippen molar-refractivity contribution in [3.05, 3.63) is 63.1 Å². The van der Waals surface area contributed by atoms with Crippen molar-refractivity contribution in [2.45, 2.75) is 38.6 Å². The minimum Gasteiger partial charge on any atom is -0.503 e. The number of rotatable bonds is 3. The summed E-state index contributed by atoms with van der Waals surface area (Å²) in [6.45, 7) is -1.22. The van der Waals surface area contributed by atoms with E-state index in [2.05, 4.69) is 0 Å². The van der Waals surface area contributed by atoms with Crippen LogP contribution in [0.15, 0.2) is 29.2 Å². The fourth-order valence-electron chi connectivity index (χ4n) is 3.47. The molecular formula is C20H19F2N3O5. The second-order valence-electron chi connectivity index (χ2n) is 6.91. The Kier molecular flexibility index (Phi) is 4.14. The number of amides is 2. The number of fused-ring (bicyclic) bond motifs is 2. The third kappa shape index (κ3) is 3.32. The van der Waals surface area contributed by atoms with E-state index >= 15 is 0 Å². The predicted octanol–water partition coefficient (Wildman–Crippen LogP) is 1.35. The fraction of sp³-hybridized carbons (Fsp3) is 0.350. The number of aromatic hydroxyl groups is 1. The van der Waals surface area contributed by atoms with Crippen LogP contribution in [0.5, 0.6) is 5.75 Å². The van der Waals surface area contributed by atoms with Crippen LogP contribution in [0.2, 0.25) is 0 Å². The molecule has 0 spiro atoms. The number of hydrogen-bond acceptors (Lipinski definition) is 5. The normalized spacial score (nSPS) is 24.9. The van der Waals surface area contributed by atoms with Crippen LogP contribution < -0.4 is 10.7 Å². The summed E-state index contributed by atoms with van der Waals surface area (Å²) in [5.74, 6) is -5.34. The molecule has 0 saturated carbocycles. The summed E-state index contributed by atoms with van der Waals surface area (Å²) in [6.07, 6.45) is 0.312. The number of nitrogens with zero attached hydrogens (tertiary/aromatic N) is 2. The van der Waals surface area contributed by atoms with Gasteiger partial charge in [0.15, 0.2) is 17.7 Å². The van der Waals surface area contributed by atoms with Crippen LogP contribution in [0.1, 0.15) is 43.9 Å². The van der Waals surface area contributed by atoms with E-state index in [1.165, 1.54) is 6.92 Å². The lowest BCUT2D eigenvalue weighted by Gasteiger charge is -2.44. The first-order valence-electron chi connectivity index (χ1n) is 10.5. The quantitative estimate of drug-likeness (QED) is 0.778. The number of halogens is 2. The van der Waals surface area contributed by atoms with Crippen LogP contribution >= 0.6 is 0 Å². The Morgan fingerprint density at radius 1 is 1.43 bits per heavy atom. The van der Waals surface area contributed by atoms with Crippen molar-refractivity contribution in [3.8, 4) is 5.75 Å². The van der Waals surface area contributed by atoms with Crippen molar-refractivity contribution >= 4 is 11.8 Å².